The maximum Gasteiger partial charge on any atom is 0.221 e. The quantitative estimate of drug-likeness (QED) is 0.547. The van der Waals surface area contributed by atoms with Crippen LogP contribution >= 0.6 is 0 Å². The standard InChI is InChI=1S/C24H28F2N2O3Si/c1-31-15-16-7-9-18(10-8-16)23(28-22(30)6-5-11-27)21(29)14-17-12-19(25)24(20(26)13-17)32(2,3)4/h7-10,12-13,23H,5-6,14-15H2,1-4H3,(H,28,30)/t23-/m1/s1. The van der Waals surface area contributed by atoms with Gasteiger partial charge in [-0.25, -0.2) is 8.78 Å². The number of nitrogens with one attached hydrogen (secondary N) is 1. The van der Waals surface area contributed by atoms with E-state index in [0.717, 1.165) is 5.56 Å². The molecule has 0 aromatic heterocycles. The van der Waals surface area contributed by atoms with E-state index < -0.39 is 37.4 Å². The number of carbonyl (C=O) groups excluding carboxylic acids is 2. The molecule has 8 heteroatoms. The van der Waals surface area contributed by atoms with Crippen LogP contribution < -0.4 is 10.5 Å². The molecule has 0 aliphatic rings. The monoisotopic (exact) mass is 458 g/mol. The lowest BCUT2D eigenvalue weighted by molar-refractivity contribution is -0.127. The van der Waals surface area contributed by atoms with Crippen molar-refractivity contribution in [3.63, 3.8) is 0 Å². The molecule has 0 spiro atoms. The number of rotatable bonds is 10. The number of ketones is 1. The molecule has 0 radical (unpaired) electrons. The second-order valence-electron chi connectivity index (χ2n) is 8.66. The summed E-state index contributed by atoms with van der Waals surface area (Å²) in [7, 11) is -0.665. The van der Waals surface area contributed by atoms with Crippen LogP contribution in [-0.2, 0) is 27.4 Å². The molecule has 0 aliphatic carbocycles. The van der Waals surface area contributed by atoms with Crippen LogP contribution in [0.3, 0.4) is 0 Å². The van der Waals surface area contributed by atoms with Crippen LogP contribution in [0.5, 0.6) is 0 Å². The van der Waals surface area contributed by atoms with Crippen LogP contribution in [0.2, 0.25) is 19.6 Å². The zero-order valence-corrected chi connectivity index (χ0v) is 19.8. The molecule has 1 N–H and O–H groups in total. The first-order valence-corrected chi connectivity index (χ1v) is 13.8. The predicted molar refractivity (Wildman–Crippen MR) is 121 cm³/mol. The summed E-state index contributed by atoms with van der Waals surface area (Å²) in [5.74, 6) is -2.15. The van der Waals surface area contributed by atoms with Crippen molar-refractivity contribution in [3.8, 4) is 6.07 Å². The Labute approximate surface area is 188 Å². The van der Waals surface area contributed by atoms with Crippen molar-refractivity contribution in [3.05, 3.63) is 64.7 Å². The fraction of sp³-hybridized carbons (Fsp3) is 0.375. The molecule has 0 saturated carbocycles. The number of nitriles is 1. The van der Waals surface area contributed by atoms with Gasteiger partial charge in [-0.15, -0.1) is 0 Å². The fourth-order valence-electron chi connectivity index (χ4n) is 3.47. The molecule has 2 aromatic rings. The lowest BCUT2D eigenvalue weighted by atomic mass is 9.96. The lowest BCUT2D eigenvalue weighted by Gasteiger charge is -2.21. The number of hydrogen-bond donors (Lipinski definition) is 1. The number of Topliss-reactive ketones (excluding diaryl/α,β-unsaturated/α-hetero) is 1. The number of halogens is 2. The van der Waals surface area contributed by atoms with Crippen LogP contribution in [0.1, 0.15) is 35.6 Å². The summed E-state index contributed by atoms with van der Waals surface area (Å²) in [6, 6.07) is 10.3. The summed E-state index contributed by atoms with van der Waals surface area (Å²) in [5.41, 5.74) is 1.64. The van der Waals surface area contributed by atoms with Crippen LogP contribution in [0.4, 0.5) is 8.78 Å². The van der Waals surface area contributed by atoms with Crippen LogP contribution in [0.25, 0.3) is 0 Å². The molecule has 5 nitrogen and oxygen atoms in total. The second-order valence-corrected chi connectivity index (χ2v) is 13.7. The van der Waals surface area contributed by atoms with Gasteiger partial charge in [-0.1, -0.05) is 43.9 Å². The number of carbonyl (C=O) groups is 2. The van der Waals surface area contributed by atoms with Crippen molar-refractivity contribution in [2.24, 2.45) is 0 Å². The average Bonchev–Trinajstić information content (AvgIpc) is 2.69. The van der Waals surface area contributed by atoms with E-state index in [9.17, 15) is 18.4 Å². The first-order valence-electron chi connectivity index (χ1n) is 10.3. The summed E-state index contributed by atoms with van der Waals surface area (Å²) >= 11 is 0. The third kappa shape index (κ3) is 6.80. The highest BCUT2D eigenvalue weighted by molar-refractivity contribution is 6.88. The van der Waals surface area contributed by atoms with Gasteiger partial charge in [0, 0.05) is 31.6 Å². The topological polar surface area (TPSA) is 79.2 Å². The summed E-state index contributed by atoms with van der Waals surface area (Å²) in [6.45, 7) is 5.94. The minimum absolute atomic E-state index is 0.0219. The molecule has 0 saturated heterocycles. The second kappa shape index (κ2) is 11.1. The molecule has 0 aliphatic heterocycles. The van der Waals surface area contributed by atoms with E-state index >= 15 is 0 Å². The first kappa shape index (κ1) is 25.4. The van der Waals surface area contributed by atoms with Crippen molar-refractivity contribution in [1.29, 1.82) is 5.26 Å². The molecule has 1 atom stereocenters. The lowest BCUT2D eigenvalue weighted by Crippen LogP contribution is -2.42. The van der Waals surface area contributed by atoms with Gasteiger partial charge in [0.25, 0.3) is 0 Å². The molecule has 2 rings (SSSR count). The van der Waals surface area contributed by atoms with E-state index in [0.29, 0.717) is 12.2 Å². The van der Waals surface area contributed by atoms with E-state index in [1.807, 2.05) is 25.7 Å². The van der Waals surface area contributed by atoms with Crippen LogP contribution in [0, 0.1) is 23.0 Å². The molecular weight excluding hydrogens is 430 g/mol. The normalized spacial score (nSPS) is 12.2. The molecule has 0 heterocycles. The third-order valence-electron chi connectivity index (χ3n) is 4.95. The summed E-state index contributed by atoms with van der Waals surface area (Å²) in [4.78, 5) is 25.3. The maximum atomic E-state index is 14.6. The van der Waals surface area contributed by atoms with Gasteiger partial charge < -0.3 is 10.1 Å². The highest BCUT2D eigenvalue weighted by Gasteiger charge is 2.27. The molecule has 2 aromatic carbocycles. The van der Waals surface area contributed by atoms with Gasteiger partial charge in [0.1, 0.15) is 17.7 Å². The summed E-state index contributed by atoms with van der Waals surface area (Å²) in [5, 5.41) is 11.5. The van der Waals surface area contributed by atoms with Gasteiger partial charge in [0.05, 0.1) is 20.7 Å². The smallest absolute Gasteiger partial charge is 0.221 e. The number of nitrogens with zero attached hydrogens (tertiary/aromatic N) is 1. The zero-order chi connectivity index (χ0) is 23.9. The molecular formula is C24H28F2N2O3Si. The number of amides is 1. The van der Waals surface area contributed by atoms with Crippen molar-refractivity contribution in [1.82, 2.24) is 5.32 Å². The van der Waals surface area contributed by atoms with Gasteiger partial charge in [-0.3, -0.25) is 9.59 Å². The van der Waals surface area contributed by atoms with Gasteiger partial charge in [-0.05, 0) is 28.8 Å². The Hall–Kier alpha value is -2.89. The molecule has 0 fully saturated rings. The van der Waals surface area contributed by atoms with Crippen LogP contribution in [-0.4, -0.2) is 26.9 Å². The number of hydrogen-bond acceptors (Lipinski definition) is 4. The van der Waals surface area contributed by atoms with Gasteiger partial charge in [0.15, 0.2) is 5.78 Å². The number of ether oxygens (including phenoxy) is 1. The maximum absolute atomic E-state index is 14.6. The molecule has 0 bridgehead atoms. The third-order valence-corrected chi connectivity index (χ3v) is 6.92. The highest BCUT2D eigenvalue weighted by atomic mass is 28.3. The Bertz CT molecular complexity index is 988. The van der Waals surface area contributed by atoms with E-state index in [2.05, 4.69) is 5.32 Å². The van der Waals surface area contributed by atoms with Gasteiger partial charge >= 0.3 is 0 Å². The Morgan fingerprint density at radius 2 is 1.69 bits per heavy atom. The molecule has 32 heavy (non-hydrogen) atoms. The number of benzene rings is 2. The van der Waals surface area contributed by atoms with Crippen molar-refractivity contribution >= 4 is 25.0 Å². The summed E-state index contributed by atoms with van der Waals surface area (Å²) in [6.07, 6.45) is -0.271. The molecule has 1 amide bonds. The molecule has 0 unspecified atom stereocenters. The van der Waals surface area contributed by atoms with Gasteiger partial charge in [-0.2, -0.15) is 5.26 Å². The number of methoxy groups -OCH3 is 1. The van der Waals surface area contributed by atoms with E-state index in [1.54, 1.807) is 31.4 Å². The van der Waals surface area contributed by atoms with E-state index in [1.165, 1.54) is 12.1 Å². The Balaban J connectivity index is 2.31. The largest absolute Gasteiger partial charge is 0.380 e. The zero-order valence-electron chi connectivity index (χ0n) is 18.8. The minimum Gasteiger partial charge on any atom is -0.380 e. The minimum atomic E-state index is -2.24. The van der Waals surface area contributed by atoms with E-state index in [4.69, 9.17) is 10.00 Å². The Kier molecular flexibility index (Phi) is 8.81. The predicted octanol–water partition coefficient (Wildman–Crippen LogP) is 3.93. The fourth-order valence-corrected chi connectivity index (χ4v) is 5.05. The van der Waals surface area contributed by atoms with Crippen molar-refractivity contribution < 1.29 is 23.1 Å². The summed E-state index contributed by atoms with van der Waals surface area (Å²) < 4.78 is 34.3. The Morgan fingerprint density at radius 3 is 2.19 bits per heavy atom. The average molecular weight is 459 g/mol. The first-order chi connectivity index (χ1) is 15.1. The highest BCUT2D eigenvalue weighted by Crippen LogP contribution is 2.20. The van der Waals surface area contributed by atoms with Crippen LogP contribution in [0.15, 0.2) is 36.4 Å². The Morgan fingerprint density at radius 1 is 1.09 bits per heavy atom. The van der Waals surface area contributed by atoms with Gasteiger partial charge in [0.2, 0.25) is 5.91 Å². The van der Waals surface area contributed by atoms with E-state index in [-0.39, 0.29) is 30.0 Å². The molecule has 170 valence electrons. The van der Waals surface area contributed by atoms with Crippen molar-refractivity contribution in [2.75, 3.05) is 7.11 Å². The SMILES string of the molecule is COCc1ccc([C@@H](NC(=O)CCC#N)C(=O)Cc2cc(F)c([Si](C)(C)C)c(F)c2)cc1. The van der Waals surface area contributed by atoms with Crippen molar-refractivity contribution in [2.45, 2.75) is 51.6 Å².